The van der Waals surface area contributed by atoms with Gasteiger partial charge in [0.2, 0.25) is 0 Å². The van der Waals surface area contributed by atoms with Gasteiger partial charge in [0.05, 0.1) is 17.8 Å². The average Bonchev–Trinajstić information content (AvgIpc) is 2.13. The van der Waals surface area contributed by atoms with E-state index in [-0.39, 0.29) is 12.0 Å². The minimum atomic E-state index is -0.794. The minimum Gasteiger partial charge on any atom is -0.481 e. The molecule has 0 atom stereocenters. The van der Waals surface area contributed by atoms with Crippen molar-refractivity contribution in [3.05, 3.63) is 0 Å². The van der Waals surface area contributed by atoms with Gasteiger partial charge in [0.15, 0.2) is 0 Å². The summed E-state index contributed by atoms with van der Waals surface area (Å²) in [4.78, 5) is 10.4. The molecular formula is C11H22O4. The SMILES string of the molecule is COC(C)(C)COC(C)(C)CCC(=O)O. The summed E-state index contributed by atoms with van der Waals surface area (Å²) in [5, 5.41) is 8.57. The van der Waals surface area contributed by atoms with E-state index in [2.05, 4.69) is 0 Å². The molecule has 0 aliphatic heterocycles. The van der Waals surface area contributed by atoms with Gasteiger partial charge in [-0.1, -0.05) is 0 Å². The van der Waals surface area contributed by atoms with Crippen molar-refractivity contribution in [1.29, 1.82) is 0 Å². The molecule has 4 nitrogen and oxygen atoms in total. The van der Waals surface area contributed by atoms with Crippen molar-refractivity contribution in [3.63, 3.8) is 0 Å². The molecule has 90 valence electrons. The molecule has 0 aromatic rings. The Kier molecular flexibility index (Phi) is 5.24. The lowest BCUT2D eigenvalue weighted by molar-refractivity contribution is -0.140. The van der Waals surface area contributed by atoms with Crippen molar-refractivity contribution in [1.82, 2.24) is 0 Å². The number of ether oxygens (including phenoxy) is 2. The van der Waals surface area contributed by atoms with Gasteiger partial charge in [0.25, 0.3) is 0 Å². The number of aliphatic carboxylic acids is 1. The van der Waals surface area contributed by atoms with E-state index < -0.39 is 11.6 Å². The zero-order valence-corrected chi connectivity index (χ0v) is 10.3. The van der Waals surface area contributed by atoms with E-state index in [1.807, 2.05) is 27.7 Å². The monoisotopic (exact) mass is 218 g/mol. The molecule has 15 heavy (non-hydrogen) atoms. The van der Waals surface area contributed by atoms with E-state index in [0.29, 0.717) is 13.0 Å². The number of hydrogen-bond donors (Lipinski definition) is 1. The van der Waals surface area contributed by atoms with Crippen molar-refractivity contribution >= 4 is 5.97 Å². The van der Waals surface area contributed by atoms with Gasteiger partial charge in [-0.05, 0) is 34.1 Å². The predicted molar refractivity (Wildman–Crippen MR) is 58.0 cm³/mol. The van der Waals surface area contributed by atoms with Gasteiger partial charge in [-0.25, -0.2) is 0 Å². The maximum atomic E-state index is 10.4. The van der Waals surface area contributed by atoms with E-state index >= 15 is 0 Å². The van der Waals surface area contributed by atoms with Crippen molar-refractivity contribution in [2.24, 2.45) is 0 Å². The maximum Gasteiger partial charge on any atom is 0.303 e. The summed E-state index contributed by atoms with van der Waals surface area (Å²) in [5.74, 6) is -0.794. The molecule has 0 aliphatic carbocycles. The number of carboxylic acids is 1. The highest BCUT2D eigenvalue weighted by Crippen LogP contribution is 2.20. The highest BCUT2D eigenvalue weighted by Gasteiger charge is 2.25. The van der Waals surface area contributed by atoms with Crippen LogP contribution in [0.4, 0.5) is 0 Å². The highest BCUT2D eigenvalue weighted by atomic mass is 16.5. The van der Waals surface area contributed by atoms with E-state index in [0.717, 1.165) is 0 Å². The average molecular weight is 218 g/mol. The standard InChI is InChI=1S/C11H22O4/c1-10(2,7-6-9(12)13)15-8-11(3,4)14-5/h6-8H2,1-5H3,(H,12,13). The molecule has 4 heteroatoms. The number of carbonyl (C=O) groups is 1. The molecule has 0 rings (SSSR count). The lowest BCUT2D eigenvalue weighted by Crippen LogP contribution is -2.36. The van der Waals surface area contributed by atoms with Crippen LogP contribution in [0.15, 0.2) is 0 Å². The van der Waals surface area contributed by atoms with Gasteiger partial charge in [-0.15, -0.1) is 0 Å². The first-order valence-electron chi connectivity index (χ1n) is 5.09. The summed E-state index contributed by atoms with van der Waals surface area (Å²) in [6.45, 7) is 8.10. The van der Waals surface area contributed by atoms with Crippen LogP contribution in [0.1, 0.15) is 40.5 Å². The zero-order valence-electron chi connectivity index (χ0n) is 10.3. The second-order valence-corrected chi connectivity index (χ2v) is 4.91. The first kappa shape index (κ1) is 14.4. The van der Waals surface area contributed by atoms with Gasteiger partial charge >= 0.3 is 5.97 Å². The van der Waals surface area contributed by atoms with Crippen LogP contribution in [0.3, 0.4) is 0 Å². The number of hydrogen-bond acceptors (Lipinski definition) is 3. The van der Waals surface area contributed by atoms with Crippen LogP contribution in [-0.4, -0.2) is 36.0 Å². The molecule has 0 aliphatic rings. The molecule has 1 N–H and O–H groups in total. The molecule has 0 amide bonds. The van der Waals surface area contributed by atoms with Crippen LogP contribution < -0.4 is 0 Å². The highest BCUT2D eigenvalue weighted by molar-refractivity contribution is 5.66. The summed E-state index contributed by atoms with van der Waals surface area (Å²) in [5.41, 5.74) is -0.755. The second kappa shape index (κ2) is 5.47. The van der Waals surface area contributed by atoms with Crippen molar-refractivity contribution in [3.8, 4) is 0 Å². The molecule has 0 aromatic heterocycles. The fourth-order valence-electron chi connectivity index (χ4n) is 0.908. The molecule has 0 saturated heterocycles. The Morgan fingerprint density at radius 3 is 2.13 bits per heavy atom. The third kappa shape index (κ3) is 7.33. The Morgan fingerprint density at radius 1 is 1.20 bits per heavy atom. The Balaban J connectivity index is 3.98. The lowest BCUT2D eigenvalue weighted by Gasteiger charge is -2.30. The van der Waals surface area contributed by atoms with Crippen LogP contribution in [0.2, 0.25) is 0 Å². The van der Waals surface area contributed by atoms with Gasteiger partial charge in [-0.2, -0.15) is 0 Å². The van der Waals surface area contributed by atoms with Gasteiger partial charge < -0.3 is 14.6 Å². The van der Waals surface area contributed by atoms with Gasteiger partial charge in [0.1, 0.15) is 0 Å². The predicted octanol–water partition coefficient (Wildman–Crippen LogP) is 2.07. The third-order valence-electron chi connectivity index (χ3n) is 2.30. The van der Waals surface area contributed by atoms with Crippen LogP contribution in [-0.2, 0) is 14.3 Å². The fraction of sp³-hybridized carbons (Fsp3) is 0.909. The molecule has 0 bridgehead atoms. The summed E-state index contributed by atoms with van der Waals surface area (Å²) in [7, 11) is 1.63. The largest absolute Gasteiger partial charge is 0.481 e. The Bertz CT molecular complexity index is 209. The van der Waals surface area contributed by atoms with E-state index in [1.165, 1.54) is 0 Å². The summed E-state index contributed by atoms with van der Waals surface area (Å²) >= 11 is 0. The number of methoxy groups -OCH3 is 1. The molecule has 0 radical (unpaired) electrons. The van der Waals surface area contributed by atoms with Crippen molar-refractivity contribution in [2.45, 2.75) is 51.7 Å². The summed E-state index contributed by atoms with van der Waals surface area (Å²) in [6.07, 6.45) is 0.628. The van der Waals surface area contributed by atoms with Crippen LogP contribution in [0.5, 0.6) is 0 Å². The zero-order chi connectivity index (χ0) is 12.1. The van der Waals surface area contributed by atoms with E-state index in [4.69, 9.17) is 14.6 Å². The Morgan fingerprint density at radius 2 is 1.73 bits per heavy atom. The summed E-state index contributed by atoms with van der Waals surface area (Å²) in [6, 6.07) is 0. The molecule has 0 aromatic carbocycles. The molecule has 0 saturated carbocycles. The Hall–Kier alpha value is -0.610. The number of rotatable bonds is 7. The fourth-order valence-corrected chi connectivity index (χ4v) is 0.908. The summed E-state index contributed by atoms with van der Waals surface area (Å²) < 4.78 is 10.9. The first-order chi connectivity index (χ1) is 6.68. The molecular weight excluding hydrogens is 196 g/mol. The van der Waals surface area contributed by atoms with Crippen molar-refractivity contribution < 1.29 is 19.4 Å². The van der Waals surface area contributed by atoms with Crippen LogP contribution in [0, 0.1) is 0 Å². The number of carboxylic acid groups (broad SMARTS) is 1. The quantitative estimate of drug-likeness (QED) is 0.710. The first-order valence-corrected chi connectivity index (χ1v) is 5.09. The van der Waals surface area contributed by atoms with Crippen LogP contribution >= 0.6 is 0 Å². The topological polar surface area (TPSA) is 55.8 Å². The molecule has 0 fully saturated rings. The van der Waals surface area contributed by atoms with Gasteiger partial charge in [0, 0.05) is 13.5 Å². The molecule has 0 heterocycles. The smallest absolute Gasteiger partial charge is 0.303 e. The van der Waals surface area contributed by atoms with Crippen LogP contribution in [0.25, 0.3) is 0 Å². The molecule has 0 unspecified atom stereocenters. The van der Waals surface area contributed by atoms with E-state index in [1.54, 1.807) is 7.11 Å². The minimum absolute atomic E-state index is 0.125. The van der Waals surface area contributed by atoms with Crippen molar-refractivity contribution in [2.75, 3.05) is 13.7 Å². The lowest BCUT2D eigenvalue weighted by atomic mass is 10.0. The maximum absolute atomic E-state index is 10.4. The molecule has 0 spiro atoms. The van der Waals surface area contributed by atoms with E-state index in [9.17, 15) is 4.79 Å². The second-order valence-electron chi connectivity index (χ2n) is 4.91. The van der Waals surface area contributed by atoms with Gasteiger partial charge in [-0.3, -0.25) is 4.79 Å². The Labute approximate surface area is 91.6 Å². The normalized spacial score (nSPS) is 12.9. The third-order valence-corrected chi connectivity index (χ3v) is 2.30.